The molecule has 0 spiro atoms. The highest BCUT2D eigenvalue weighted by molar-refractivity contribution is 5.33. The number of likely N-dealkylation sites (tertiary alicyclic amines) is 2. The van der Waals surface area contributed by atoms with Gasteiger partial charge in [-0.25, -0.2) is 0 Å². The number of halogens is 1. The summed E-state index contributed by atoms with van der Waals surface area (Å²) in [4.78, 5) is 8.83. The fraction of sp³-hybridized carbons (Fsp3) is 0.762. The smallest absolute Gasteiger partial charge is 0.259 e. The predicted octanol–water partition coefficient (Wildman–Crippen LogP) is 3.73. The SMILES string of the molecule is CCCCN1CC[C@@H]1COc1ccc(F)nc1OC[C@H]1CCN1CCCC. The second kappa shape index (κ2) is 10.2. The third kappa shape index (κ3) is 5.55. The Labute approximate surface area is 162 Å². The van der Waals surface area contributed by atoms with Gasteiger partial charge in [-0.05, 0) is 50.9 Å². The summed E-state index contributed by atoms with van der Waals surface area (Å²) >= 11 is 0. The van der Waals surface area contributed by atoms with E-state index in [1.165, 1.54) is 31.7 Å². The molecule has 27 heavy (non-hydrogen) atoms. The molecule has 2 aliphatic heterocycles. The van der Waals surface area contributed by atoms with Crippen molar-refractivity contribution in [2.75, 3.05) is 39.4 Å². The van der Waals surface area contributed by atoms with E-state index in [1.54, 1.807) is 6.07 Å². The maximum Gasteiger partial charge on any atom is 0.259 e. The van der Waals surface area contributed by atoms with E-state index in [1.807, 2.05) is 0 Å². The van der Waals surface area contributed by atoms with Crippen molar-refractivity contribution in [1.29, 1.82) is 0 Å². The Bertz CT molecular complexity index is 587. The molecule has 0 saturated carbocycles. The van der Waals surface area contributed by atoms with Crippen LogP contribution in [0, 0.1) is 5.95 Å². The Morgan fingerprint density at radius 2 is 1.56 bits per heavy atom. The Balaban J connectivity index is 1.49. The second-order valence-corrected chi connectivity index (χ2v) is 7.72. The number of unbranched alkanes of at least 4 members (excludes halogenated alkanes) is 2. The molecular weight excluding hydrogens is 345 g/mol. The summed E-state index contributed by atoms with van der Waals surface area (Å²) in [6, 6.07) is 3.84. The van der Waals surface area contributed by atoms with Crippen LogP contribution in [0.4, 0.5) is 4.39 Å². The molecule has 0 aliphatic carbocycles. The Kier molecular flexibility index (Phi) is 7.70. The van der Waals surface area contributed by atoms with Crippen molar-refractivity contribution in [3.05, 3.63) is 18.1 Å². The first-order chi connectivity index (χ1) is 13.2. The summed E-state index contributed by atoms with van der Waals surface area (Å²) < 4.78 is 25.5. The van der Waals surface area contributed by atoms with Crippen molar-refractivity contribution < 1.29 is 13.9 Å². The van der Waals surface area contributed by atoms with Gasteiger partial charge in [0.05, 0.1) is 0 Å². The summed E-state index contributed by atoms with van der Waals surface area (Å²) in [5.74, 6) is 0.317. The summed E-state index contributed by atoms with van der Waals surface area (Å²) in [6.45, 7) is 10.1. The highest BCUT2D eigenvalue weighted by Crippen LogP contribution is 2.28. The van der Waals surface area contributed by atoms with Crippen molar-refractivity contribution in [2.45, 2.75) is 64.5 Å². The molecule has 2 atom stereocenters. The molecule has 2 aliphatic rings. The molecule has 2 fully saturated rings. The van der Waals surface area contributed by atoms with Gasteiger partial charge in [0.1, 0.15) is 13.2 Å². The van der Waals surface area contributed by atoms with E-state index in [9.17, 15) is 4.39 Å². The van der Waals surface area contributed by atoms with Gasteiger partial charge in [0.2, 0.25) is 5.95 Å². The largest absolute Gasteiger partial charge is 0.486 e. The first-order valence-corrected chi connectivity index (χ1v) is 10.6. The van der Waals surface area contributed by atoms with Gasteiger partial charge in [-0.3, -0.25) is 9.80 Å². The zero-order valence-corrected chi connectivity index (χ0v) is 16.8. The number of aromatic nitrogens is 1. The molecule has 0 N–H and O–H groups in total. The zero-order chi connectivity index (χ0) is 19.1. The fourth-order valence-electron chi connectivity index (χ4n) is 3.66. The van der Waals surface area contributed by atoms with Crippen LogP contribution in [0.3, 0.4) is 0 Å². The molecule has 2 saturated heterocycles. The van der Waals surface area contributed by atoms with E-state index in [0.29, 0.717) is 31.0 Å². The van der Waals surface area contributed by atoms with E-state index in [4.69, 9.17) is 9.47 Å². The normalized spacial score (nSPS) is 22.9. The summed E-state index contributed by atoms with van der Waals surface area (Å²) in [5.41, 5.74) is 0. The monoisotopic (exact) mass is 379 g/mol. The number of hydrogen-bond acceptors (Lipinski definition) is 5. The van der Waals surface area contributed by atoms with E-state index in [0.717, 1.165) is 39.0 Å². The first kappa shape index (κ1) is 20.3. The molecule has 0 radical (unpaired) electrons. The topological polar surface area (TPSA) is 37.8 Å². The Morgan fingerprint density at radius 1 is 0.963 bits per heavy atom. The molecule has 1 aromatic rings. The maximum absolute atomic E-state index is 13.6. The summed E-state index contributed by atoms with van der Waals surface area (Å²) in [6.07, 6.45) is 7.12. The van der Waals surface area contributed by atoms with E-state index in [2.05, 4.69) is 28.6 Å². The zero-order valence-electron chi connectivity index (χ0n) is 16.8. The molecule has 0 unspecified atom stereocenters. The molecule has 5 nitrogen and oxygen atoms in total. The van der Waals surface area contributed by atoms with Gasteiger partial charge < -0.3 is 9.47 Å². The highest BCUT2D eigenvalue weighted by atomic mass is 19.1. The number of rotatable bonds is 12. The summed E-state index contributed by atoms with van der Waals surface area (Å²) in [7, 11) is 0. The lowest BCUT2D eigenvalue weighted by molar-refractivity contribution is 0.0397. The van der Waals surface area contributed by atoms with Crippen molar-refractivity contribution in [2.24, 2.45) is 0 Å². The van der Waals surface area contributed by atoms with Crippen LogP contribution in [0.25, 0.3) is 0 Å². The average molecular weight is 380 g/mol. The Hall–Kier alpha value is -1.40. The van der Waals surface area contributed by atoms with Crippen molar-refractivity contribution in [1.82, 2.24) is 14.8 Å². The standard InChI is InChI=1S/C21H34FN3O2/c1-3-5-11-24-13-9-17(24)15-26-19-7-8-20(22)23-21(19)27-16-18-10-14-25(18)12-6-4-2/h7-8,17-18H,3-6,9-16H2,1-2H3/t17-,18-/m1/s1. The highest BCUT2D eigenvalue weighted by Gasteiger charge is 2.29. The lowest BCUT2D eigenvalue weighted by atomic mass is 10.0. The minimum atomic E-state index is -0.526. The van der Waals surface area contributed by atoms with Gasteiger partial charge in [-0.15, -0.1) is 0 Å². The van der Waals surface area contributed by atoms with Gasteiger partial charge >= 0.3 is 0 Å². The van der Waals surface area contributed by atoms with Crippen LogP contribution in [0.5, 0.6) is 11.6 Å². The van der Waals surface area contributed by atoms with Crippen LogP contribution < -0.4 is 9.47 Å². The third-order valence-corrected chi connectivity index (χ3v) is 5.76. The number of nitrogens with zero attached hydrogens (tertiary/aromatic N) is 3. The van der Waals surface area contributed by atoms with Crippen LogP contribution in [0.2, 0.25) is 0 Å². The molecule has 6 heteroatoms. The fourth-order valence-corrected chi connectivity index (χ4v) is 3.66. The van der Waals surface area contributed by atoms with Crippen molar-refractivity contribution in [3.8, 4) is 11.6 Å². The molecule has 152 valence electrons. The first-order valence-electron chi connectivity index (χ1n) is 10.6. The minimum absolute atomic E-state index is 0.289. The third-order valence-electron chi connectivity index (χ3n) is 5.76. The molecule has 0 amide bonds. The molecule has 0 aromatic carbocycles. The number of ether oxygens (including phenoxy) is 2. The summed E-state index contributed by atoms with van der Waals surface area (Å²) in [5, 5.41) is 0. The van der Waals surface area contributed by atoms with Crippen molar-refractivity contribution in [3.63, 3.8) is 0 Å². The van der Waals surface area contributed by atoms with Crippen LogP contribution in [-0.2, 0) is 0 Å². The van der Waals surface area contributed by atoms with Crippen LogP contribution in [0.15, 0.2) is 12.1 Å². The molecule has 0 bridgehead atoms. The molecule has 1 aromatic heterocycles. The molecular formula is C21H34FN3O2. The Morgan fingerprint density at radius 3 is 2.07 bits per heavy atom. The van der Waals surface area contributed by atoms with Gasteiger partial charge in [0.15, 0.2) is 5.75 Å². The predicted molar refractivity (Wildman–Crippen MR) is 105 cm³/mol. The minimum Gasteiger partial charge on any atom is -0.486 e. The lowest BCUT2D eigenvalue weighted by Crippen LogP contribution is -2.51. The van der Waals surface area contributed by atoms with Gasteiger partial charge in [0, 0.05) is 25.2 Å². The second-order valence-electron chi connectivity index (χ2n) is 7.72. The molecule has 3 heterocycles. The average Bonchev–Trinajstić information content (AvgIpc) is 2.62. The number of pyridine rings is 1. The quantitative estimate of drug-likeness (QED) is 0.518. The lowest BCUT2D eigenvalue weighted by Gasteiger charge is -2.41. The van der Waals surface area contributed by atoms with Gasteiger partial charge in [-0.2, -0.15) is 9.37 Å². The molecule has 3 rings (SSSR count). The maximum atomic E-state index is 13.6. The van der Waals surface area contributed by atoms with Crippen LogP contribution >= 0.6 is 0 Å². The van der Waals surface area contributed by atoms with Gasteiger partial charge in [-0.1, -0.05) is 26.7 Å². The van der Waals surface area contributed by atoms with Crippen molar-refractivity contribution >= 4 is 0 Å². The van der Waals surface area contributed by atoms with E-state index >= 15 is 0 Å². The van der Waals surface area contributed by atoms with Crippen LogP contribution in [-0.4, -0.2) is 66.3 Å². The van der Waals surface area contributed by atoms with E-state index < -0.39 is 5.95 Å². The number of hydrogen-bond donors (Lipinski definition) is 0. The van der Waals surface area contributed by atoms with Crippen LogP contribution in [0.1, 0.15) is 52.4 Å². The van der Waals surface area contributed by atoms with Gasteiger partial charge in [0.25, 0.3) is 5.88 Å². The van der Waals surface area contributed by atoms with E-state index in [-0.39, 0.29) is 5.88 Å².